The van der Waals surface area contributed by atoms with Gasteiger partial charge in [0, 0.05) is 25.3 Å². The molecule has 0 spiro atoms. The fourth-order valence-corrected chi connectivity index (χ4v) is 1.87. The van der Waals surface area contributed by atoms with Gasteiger partial charge in [0.2, 0.25) is 5.91 Å². The molecule has 0 saturated heterocycles. The van der Waals surface area contributed by atoms with Crippen molar-refractivity contribution in [1.29, 1.82) is 0 Å². The summed E-state index contributed by atoms with van der Waals surface area (Å²) >= 11 is 6.04. The van der Waals surface area contributed by atoms with Gasteiger partial charge in [0.1, 0.15) is 5.15 Å². The van der Waals surface area contributed by atoms with E-state index in [0.717, 1.165) is 11.3 Å². The Labute approximate surface area is 106 Å². The molecule has 0 bridgehead atoms. The maximum atomic E-state index is 11.7. The third-order valence-electron chi connectivity index (χ3n) is 2.58. The SMILES string of the molecule is Cc1nn(C)c(Cl)c1CC(=O)NC(C)CCO. The lowest BCUT2D eigenvalue weighted by Gasteiger charge is -2.12. The van der Waals surface area contributed by atoms with Gasteiger partial charge in [-0.2, -0.15) is 5.10 Å². The third-order valence-corrected chi connectivity index (χ3v) is 3.05. The van der Waals surface area contributed by atoms with E-state index in [2.05, 4.69) is 10.4 Å². The second-order valence-corrected chi connectivity index (χ2v) is 4.49. The number of aryl methyl sites for hydroxylation is 2. The lowest BCUT2D eigenvalue weighted by atomic mass is 10.1. The Morgan fingerprint density at radius 3 is 2.76 bits per heavy atom. The molecule has 6 heteroatoms. The molecular weight excluding hydrogens is 242 g/mol. The Bertz CT molecular complexity index is 404. The molecule has 1 aromatic rings. The second kappa shape index (κ2) is 6.02. The molecule has 0 saturated carbocycles. The summed E-state index contributed by atoms with van der Waals surface area (Å²) in [7, 11) is 1.74. The van der Waals surface area contributed by atoms with Crippen molar-refractivity contribution in [2.45, 2.75) is 32.7 Å². The van der Waals surface area contributed by atoms with Crippen molar-refractivity contribution in [3.05, 3.63) is 16.4 Å². The third kappa shape index (κ3) is 3.71. The van der Waals surface area contributed by atoms with Crippen LogP contribution in [0.2, 0.25) is 5.15 Å². The number of carbonyl (C=O) groups is 1. The van der Waals surface area contributed by atoms with E-state index < -0.39 is 0 Å². The zero-order chi connectivity index (χ0) is 13.0. The fraction of sp³-hybridized carbons (Fsp3) is 0.636. The minimum Gasteiger partial charge on any atom is -0.396 e. The van der Waals surface area contributed by atoms with Crippen molar-refractivity contribution in [3.8, 4) is 0 Å². The molecule has 0 fully saturated rings. The van der Waals surface area contributed by atoms with E-state index in [4.69, 9.17) is 16.7 Å². The van der Waals surface area contributed by atoms with E-state index in [1.54, 1.807) is 11.7 Å². The van der Waals surface area contributed by atoms with Crippen LogP contribution in [0.1, 0.15) is 24.6 Å². The van der Waals surface area contributed by atoms with Crippen LogP contribution in [0.5, 0.6) is 0 Å². The molecule has 0 aromatic carbocycles. The van der Waals surface area contributed by atoms with Crippen LogP contribution in [0, 0.1) is 6.92 Å². The predicted molar refractivity (Wildman–Crippen MR) is 66.0 cm³/mol. The molecule has 1 atom stereocenters. The number of nitrogens with one attached hydrogen (secondary N) is 1. The lowest BCUT2D eigenvalue weighted by Crippen LogP contribution is -2.34. The van der Waals surface area contributed by atoms with Gasteiger partial charge >= 0.3 is 0 Å². The summed E-state index contributed by atoms with van der Waals surface area (Å²) in [5, 5.41) is 16.2. The van der Waals surface area contributed by atoms with Crippen LogP contribution in [-0.2, 0) is 18.3 Å². The van der Waals surface area contributed by atoms with Crippen molar-refractivity contribution >= 4 is 17.5 Å². The smallest absolute Gasteiger partial charge is 0.224 e. The van der Waals surface area contributed by atoms with E-state index >= 15 is 0 Å². The molecule has 1 heterocycles. The van der Waals surface area contributed by atoms with Gasteiger partial charge in [0.25, 0.3) is 0 Å². The summed E-state index contributed by atoms with van der Waals surface area (Å²) in [5.41, 5.74) is 1.52. The highest BCUT2D eigenvalue weighted by Crippen LogP contribution is 2.18. The molecule has 0 radical (unpaired) electrons. The Balaban J connectivity index is 2.62. The Morgan fingerprint density at radius 1 is 1.65 bits per heavy atom. The van der Waals surface area contributed by atoms with Crippen molar-refractivity contribution in [1.82, 2.24) is 15.1 Å². The fourth-order valence-electron chi connectivity index (χ4n) is 1.63. The molecule has 2 N–H and O–H groups in total. The van der Waals surface area contributed by atoms with E-state index in [-0.39, 0.29) is 25.0 Å². The van der Waals surface area contributed by atoms with Gasteiger partial charge in [-0.1, -0.05) is 11.6 Å². The van der Waals surface area contributed by atoms with Gasteiger partial charge in [0.15, 0.2) is 0 Å². The van der Waals surface area contributed by atoms with Crippen LogP contribution >= 0.6 is 11.6 Å². The summed E-state index contributed by atoms with van der Waals surface area (Å²) in [6.07, 6.45) is 0.764. The van der Waals surface area contributed by atoms with Crippen LogP contribution in [0.4, 0.5) is 0 Å². The van der Waals surface area contributed by atoms with E-state index in [0.29, 0.717) is 11.6 Å². The van der Waals surface area contributed by atoms with Gasteiger partial charge in [-0.15, -0.1) is 0 Å². The first kappa shape index (κ1) is 14.0. The van der Waals surface area contributed by atoms with Crippen LogP contribution in [0.15, 0.2) is 0 Å². The first-order valence-corrected chi connectivity index (χ1v) is 5.91. The number of aromatic nitrogens is 2. The van der Waals surface area contributed by atoms with Gasteiger partial charge in [0.05, 0.1) is 12.1 Å². The highest BCUT2D eigenvalue weighted by Gasteiger charge is 2.15. The minimum atomic E-state index is -0.107. The number of amides is 1. The number of aliphatic hydroxyl groups is 1. The van der Waals surface area contributed by atoms with Gasteiger partial charge in [-0.05, 0) is 20.3 Å². The van der Waals surface area contributed by atoms with Crippen molar-refractivity contribution in [2.24, 2.45) is 7.05 Å². The summed E-state index contributed by atoms with van der Waals surface area (Å²) in [6.45, 7) is 3.74. The number of rotatable bonds is 5. The van der Waals surface area contributed by atoms with Crippen molar-refractivity contribution < 1.29 is 9.90 Å². The molecule has 96 valence electrons. The zero-order valence-electron chi connectivity index (χ0n) is 10.3. The topological polar surface area (TPSA) is 67.2 Å². The molecule has 0 aliphatic heterocycles. The molecule has 0 aliphatic carbocycles. The quantitative estimate of drug-likeness (QED) is 0.822. The van der Waals surface area contributed by atoms with E-state index in [1.807, 2.05) is 13.8 Å². The average molecular weight is 260 g/mol. The normalized spacial score (nSPS) is 12.5. The number of halogens is 1. The molecule has 1 unspecified atom stereocenters. The summed E-state index contributed by atoms with van der Waals surface area (Å²) < 4.78 is 1.55. The van der Waals surface area contributed by atoms with E-state index in [9.17, 15) is 4.79 Å². The molecule has 0 aliphatic rings. The highest BCUT2D eigenvalue weighted by atomic mass is 35.5. The number of hydrogen-bond donors (Lipinski definition) is 2. The molecule has 1 aromatic heterocycles. The number of nitrogens with zero attached hydrogens (tertiary/aromatic N) is 2. The summed E-state index contributed by atoms with van der Waals surface area (Å²) in [6, 6.07) is -0.0387. The van der Waals surface area contributed by atoms with Gasteiger partial charge < -0.3 is 10.4 Å². The van der Waals surface area contributed by atoms with Crippen LogP contribution in [0.25, 0.3) is 0 Å². The number of aliphatic hydroxyl groups excluding tert-OH is 1. The molecule has 1 amide bonds. The predicted octanol–water partition coefficient (Wildman–Crippen LogP) is 0.812. The molecule has 17 heavy (non-hydrogen) atoms. The monoisotopic (exact) mass is 259 g/mol. The minimum absolute atomic E-state index is 0.0387. The summed E-state index contributed by atoms with van der Waals surface area (Å²) in [4.78, 5) is 11.7. The number of carbonyl (C=O) groups excluding carboxylic acids is 1. The highest BCUT2D eigenvalue weighted by molar-refractivity contribution is 6.30. The molecule has 1 rings (SSSR count). The molecular formula is C11H18ClN3O2. The Hall–Kier alpha value is -1.07. The first-order chi connectivity index (χ1) is 7.95. The summed E-state index contributed by atoms with van der Waals surface area (Å²) in [5.74, 6) is -0.107. The first-order valence-electron chi connectivity index (χ1n) is 5.54. The standard InChI is InChI=1S/C11H18ClN3O2/c1-7(4-5-16)13-10(17)6-9-8(2)14-15(3)11(9)12/h7,16H,4-6H2,1-3H3,(H,13,17). The van der Waals surface area contributed by atoms with Gasteiger partial charge in [-0.25, -0.2) is 0 Å². The van der Waals surface area contributed by atoms with Gasteiger partial charge in [-0.3, -0.25) is 9.48 Å². The van der Waals surface area contributed by atoms with Crippen LogP contribution in [-0.4, -0.2) is 33.4 Å². The lowest BCUT2D eigenvalue weighted by molar-refractivity contribution is -0.121. The average Bonchev–Trinajstić information content (AvgIpc) is 2.45. The Morgan fingerprint density at radius 2 is 2.29 bits per heavy atom. The largest absolute Gasteiger partial charge is 0.396 e. The maximum Gasteiger partial charge on any atom is 0.224 e. The Kier molecular flexibility index (Phi) is 4.96. The second-order valence-electron chi connectivity index (χ2n) is 4.14. The van der Waals surface area contributed by atoms with Crippen molar-refractivity contribution in [2.75, 3.05) is 6.61 Å². The van der Waals surface area contributed by atoms with E-state index in [1.165, 1.54) is 0 Å². The molecule has 5 nitrogen and oxygen atoms in total. The maximum absolute atomic E-state index is 11.7. The van der Waals surface area contributed by atoms with Crippen molar-refractivity contribution in [3.63, 3.8) is 0 Å². The number of hydrogen-bond acceptors (Lipinski definition) is 3. The van der Waals surface area contributed by atoms with Crippen LogP contribution < -0.4 is 5.32 Å². The van der Waals surface area contributed by atoms with Crippen LogP contribution in [0.3, 0.4) is 0 Å². The zero-order valence-corrected chi connectivity index (χ0v) is 11.1.